The van der Waals surface area contributed by atoms with Crippen LogP contribution in [0.25, 0.3) is 0 Å². The number of aliphatic hydroxyl groups excluding tert-OH is 1. The minimum atomic E-state index is -0.591. The summed E-state index contributed by atoms with van der Waals surface area (Å²) in [6.45, 7) is 0.590. The van der Waals surface area contributed by atoms with Gasteiger partial charge in [0.2, 0.25) is 0 Å². The standard InChI is InChI=1S/C9H14ClN3O2/c1-15-5-7(14)4-13-9-8(11)2-6(10)3-12-9/h2-3,7,14H,4-5,11H2,1H3,(H,12,13). The molecule has 6 heteroatoms. The predicted molar refractivity (Wildman–Crippen MR) is 60.0 cm³/mol. The number of nitrogens with zero attached hydrogens (tertiary/aromatic N) is 1. The Balaban J connectivity index is 2.50. The van der Waals surface area contributed by atoms with E-state index in [1.165, 1.54) is 13.3 Å². The molecular weight excluding hydrogens is 218 g/mol. The summed E-state index contributed by atoms with van der Waals surface area (Å²) in [5.74, 6) is 0.509. The Morgan fingerprint density at radius 3 is 3.07 bits per heavy atom. The highest BCUT2D eigenvalue weighted by atomic mass is 35.5. The van der Waals surface area contributed by atoms with Gasteiger partial charge in [-0.05, 0) is 6.07 Å². The van der Waals surface area contributed by atoms with Crippen molar-refractivity contribution in [2.24, 2.45) is 0 Å². The molecular formula is C9H14ClN3O2. The van der Waals surface area contributed by atoms with E-state index in [1.54, 1.807) is 6.07 Å². The van der Waals surface area contributed by atoms with Gasteiger partial charge in [0.1, 0.15) is 5.82 Å². The summed E-state index contributed by atoms with van der Waals surface area (Å²) in [5.41, 5.74) is 6.11. The Labute approximate surface area is 93.2 Å². The van der Waals surface area contributed by atoms with Crippen LogP contribution in [0.5, 0.6) is 0 Å². The normalized spacial score (nSPS) is 12.5. The zero-order chi connectivity index (χ0) is 11.3. The molecule has 0 aliphatic carbocycles. The number of halogens is 1. The van der Waals surface area contributed by atoms with E-state index in [-0.39, 0.29) is 6.61 Å². The van der Waals surface area contributed by atoms with Gasteiger partial charge in [-0.15, -0.1) is 0 Å². The third-order valence-corrected chi connectivity index (χ3v) is 1.95. The minimum Gasteiger partial charge on any atom is -0.396 e. The highest BCUT2D eigenvalue weighted by Gasteiger charge is 2.05. The zero-order valence-electron chi connectivity index (χ0n) is 8.40. The molecule has 0 aliphatic heterocycles. The largest absolute Gasteiger partial charge is 0.396 e. The Kier molecular flexibility index (Phi) is 4.61. The number of hydrogen-bond acceptors (Lipinski definition) is 5. The number of ether oxygens (including phenoxy) is 1. The average Bonchev–Trinajstić information content (AvgIpc) is 2.17. The third kappa shape index (κ3) is 3.91. The van der Waals surface area contributed by atoms with Crippen LogP contribution in [0.1, 0.15) is 0 Å². The van der Waals surface area contributed by atoms with Crippen molar-refractivity contribution in [3.8, 4) is 0 Å². The van der Waals surface area contributed by atoms with Crippen LogP contribution in [0.3, 0.4) is 0 Å². The molecule has 84 valence electrons. The number of hydrogen-bond donors (Lipinski definition) is 3. The number of nitrogen functional groups attached to an aromatic ring is 1. The van der Waals surface area contributed by atoms with Crippen molar-refractivity contribution in [2.75, 3.05) is 31.3 Å². The molecule has 0 saturated heterocycles. The van der Waals surface area contributed by atoms with Crippen molar-refractivity contribution >= 4 is 23.1 Å². The lowest BCUT2D eigenvalue weighted by Gasteiger charge is -2.12. The Bertz CT molecular complexity index is 322. The number of aromatic nitrogens is 1. The van der Waals surface area contributed by atoms with Crippen LogP contribution in [-0.2, 0) is 4.74 Å². The van der Waals surface area contributed by atoms with Gasteiger partial charge in [-0.2, -0.15) is 0 Å². The highest BCUT2D eigenvalue weighted by molar-refractivity contribution is 6.30. The molecule has 5 nitrogen and oxygen atoms in total. The number of methoxy groups -OCH3 is 1. The van der Waals surface area contributed by atoms with Gasteiger partial charge in [0.05, 0.1) is 23.4 Å². The molecule has 1 atom stereocenters. The molecule has 0 aromatic carbocycles. The lowest BCUT2D eigenvalue weighted by Crippen LogP contribution is -2.24. The smallest absolute Gasteiger partial charge is 0.149 e. The van der Waals surface area contributed by atoms with E-state index in [4.69, 9.17) is 22.1 Å². The van der Waals surface area contributed by atoms with Crippen molar-refractivity contribution < 1.29 is 9.84 Å². The summed E-state index contributed by atoms with van der Waals surface area (Å²) in [4.78, 5) is 3.99. The van der Waals surface area contributed by atoms with Gasteiger partial charge in [-0.3, -0.25) is 0 Å². The van der Waals surface area contributed by atoms with Crippen LogP contribution in [0.4, 0.5) is 11.5 Å². The van der Waals surface area contributed by atoms with E-state index < -0.39 is 6.10 Å². The molecule has 15 heavy (non-hydrogen) atoms. The van der Waals surface area contributed by atoms with E-state index in [1.807, 2.05) is 0 Å². The Morgan fingerprint density at radius 1 is 1.73 bits per heavy atom. The van der Waals surface area contributed by atoms with Gasteiger partial charge in [-0.25, -0.2) is 4.98 Å². The highest BCUT2D eigenvalue weighted by Crippen LogP contribution is 2.18. The van der Waals surface area contributed by atoms with Crippen LogP contribution < -0.4 is 11.1 Å². The first kappa shape index (κ1) is 12.0. The Hall–Kier alpha value is -1.04. The van der Waals surface area contributed by atoms with Crippen LogP contribution in [-0.4, -0.2) is 36.5 Å². The summed E-state index contributed by atoms with van der Waals surface area (Å²) in [6.07, 6.45) is 0.898. The zero-order valence-corrected chi connectivity index (χ0v) is 9.16. The lowest BCUT2D eigenvalue weighted by molar-refractivity contribution is 0.0727. The number of rotatable bonds is 5. The maximum absolute atomic E-state index is 9.37. The molecule has 4 N–H and O–H groups in total. The number of aliphatic hydroxyl groups is 1. The summed E-state index contributed by atoms with van der Waals surface area (Å²) >= 11 is 5.69. The second-order valence-electron chi connectivity index (χ2n) is 3.08. The lowest BCUT2D eigenvalue weighted by atomic mass is 10.3. The van der Waals surface area contributed by atoms with Gasteiger partial charge in [0.15, 0.2) is 0 Å². The van der Waals surface area contributed by atoms with E-state index in [0.717, 1.165) is 0 Å². The molecule has 0 saturated carbocycles. The fourth-order valence-corrected chi connectivity index (χ4v) is 1.23. The minimum absolute atomic E-state index is 0.264. The number of nitrogens with two attached hydrogens (primary N) is 1. The SMILES string of the molecule is COCC(O)CNc1ncc(Cl)cc1N. The van der Waals surface area contributed by atoms with Crippen molar-refractivity contribution in [3.05, 3.63) is 17.3 Å². The molecule has 1 rings (SSSR count). The molecule has 0 bridgehead atoms. The molecule has 0 radical (unpaired) electrons. The van der Waals surface area contributed by atoms with Gasteiger partial charge in [0, 0.05) is 19.9 Å². The molecule has 1 aromatic heterocycles. The molecule has 0 fully saturated rings. The first-order valence-electron chi connectivity index (χ1n) is 4.45. The van der Waals surface area contributed by atoms with Crippen molar-refractivity contribution in [2.45, 2.75) is 6.10 Å². The number of nitrogens with one attached hydrogen (secondary N) is 1. The van der Waals surface area contributed by atoms with Crippen molar-refractivity contribution in [3.63, 3.8) is 0 Å². The van der Waals surface area contributed by atoms with Crippen LogP contribution >= 0.6 is 11.6 Å². The molecule has 1 heterocycles. The van der Waals surface area contributed by atoms with Gasteiger partial charge < -0.3 is 20.9 Å². The maximum atomic E-state index is 9.37. The van der Waals surface area contributed by atoms with E-state index in [2.05, 4.69) is 10.3 Å². The van der Waals surface area contributed by atoms with Crippen LogP contribution in [0.15, 0.2) is 12.3 Å². The summed E-state index contributed by atoms with van der Waals surface area (Å²) in [7, 11) is 1.53. The second-order valence-corrected chi connectivity index (χ2v) is 3.52. The first-order chi connectivity index (χ1) is 7.13. The first-order valence-corrected chi connectivity index (χ1v) is 4.83. The fourth-order valence-electron chi connectivity index (χ4n) is 1.07. The van der Waals surface area contributed by atoms with Gasteiger partial charge >= 0.3 is 0 Å². The predicted octanol–water partition coefficient (Wildman–Crippen LogP) is 0.736. The average molecular weight is 232 g/mol. The molecule has 1 aromatic rings. The quantitative estimate of drug-likeness (QED) is 0.697. The van der Waals surface area contributed by atoms with Crippen LogP contribution in [0.2, 0.25) is 5.02 Å². The van der Waals surface area contributed by atoms with Crippen molar-refractivity contribution in [1.29, 1.82) is 0 Å². The number of anilines is 2. The van der Waals surface area contributed by atoms with E-state index in [9.17, 15) is 5.11 Å². The fraction of sp³-hybridized carbons (Fsp3) is 0.444. The second kappa shape index (κ2) is 5.75. The van der Waals surface area contributed by atoms with Gasteiger partial charge in [-0.1, -0.05) is 11.6 Å². The summed E-state index contributed by atoms with van der Waals surface area (Å²) < 4.78 is 4.78. The van der Waals surface area contributed by atoms with E-state index in [0.29, 0.717) is 23.1 Å². The molecule has 0 spiro atoms. The van der Waals surface area contributed by atoms with E-state index >= 15 is 0 Å². The number of pyridine rings is 1. The Morgan fingerprint density at radius 2 is 2.47 bits per heavy atom. The third-order valence-electron chi connectivity index (χ3n) is 1.75. The molecule has 0 amide bonds. The van der Waals surface area contributed by atoms with Crippen molar-refractivity contribution in [1.82, 2.24) is 4.98 Å². The van der Waals surface area contributed by atoms with Gasteiger partial charge in [0.25, 0.3) is 0 Å². The molecule has 0 aliphatic rings. The summed E-state index contributed by atoms with van der Waals surface area (Å²) in [5, 5.41) is 12.8. The van der Waals surface area contributed by atoms with Crippen LogP contribution in [0, 0.1) is 0 Å². The monoisotopic (exact) mass is 231 g/mol. The maximum Gasteiger partial charge on any atom is 0.149 e. The molecule has 1 unspecified atom stereocenters. The summed E-state index contributed by atoms with van der Waals surface area (Å²) in [6, 6.07) is 1.60. The topological polar surface area (TPSA) is 80.4 Å².